The Kier molecular flexibility index (Phi) is 4.62. The van der Waals surface area contributed by atoms with Gasteiger partial charge in [0.15, 0.2) is 5.75 Å². The first-order valence-electron chi connectivity index (χ1n) is 6.52. The third-order valence-electron chi connectivity index (χ3n) is 2.94. The average Bonchev–Trinajstić information content (AvgIpc) is 2.44. The molecule has 7 heteroatoms. The number of carbonyl (C=O) groups is 1. The fourth-order valence-corrected chi connectivity index (χ4v) is 2.22. The second-order valence-corrected chi connectivity index (χ2v) is 5.17. The van der Waals surface area contributed by atoms with E-state index in [2.05, 4.69) is 20.9 Å². The van der Waals surface area contributed by atoms with Crippen molar-refractivity contribution >= 4 is 33.1 Å². The van der Waals surface area contributed by atoms with Gasteiger partial charge in [0, 0.05) is 11.0 Å². The molecule has 0 saturated heterocycles. The highest BCUT2D eigenvalue weighted by molar-refractivity contribution is 9.10. The van der Waals surface area contributed by atoms with Gasteiger partial charge in [-0.15, -0.1) is 0 Å². The molecule has 0 atom stereocenters. The molecule has 0 spiro atoms. The molecule has 6 nitrogen and oxygen atoms in total. The van der Waals surface area contributed by atoms with Crippen LogP contribution in [0.1, 0.15) is 19.5 Å². The van der Waals surface area contributed by atoms with E-state index in [4.69, 9.17) is 9.47 Å². The third kappa shape index (κ3) is 3.07. The lowest BCUT2D eigenvalue weighted by molar-refractivity contribution is 0.104. The summed E-state index contributed by atoms with van der Waals surface area (Å²) in [5.41, 5.74) is 0.943. The number of pyridine rings is 2. The van der Waals surface area contributed by atoms with Crippen LogP contribution < -0.4 is 10.2 Å². The summed E-state index contributed by atoms with van der Waals surface area (Å²) < 4.78 is 12.1. The molecular formula is C14H15BrN2O4. The predicted octanol–water partition coefficient (Wildman–Crippen LogP) is 3.02. The number of aromatic nitrogens is 2. The van der Waals surface area contributed by atoms with Crippen LogP contribution in [0.3, 0.4) is 0 Å². The van der Waals surface area contributed by atoms with E-state index in [9.17, 15) is 9.59 Å². The number of hydrogen-bond donors (Lipinski definition) is 0. The molecule has 0 aromatic carbocycles. The molecule has 0 aliphatic rings. The number of rotatable bonds is 3. The van der Waals surface area contributed by atoms with Gasteiger partial charge in [-0.05, 0) is 42.8 Å². The van der Waals surface area contributed by atoms with Crippen molar-refractivity contribution in [2.45, 2.75) is 27.3 Å². The van der Waals surface area contributed by atoms with Crippen LogP contribution in [0.2, 0.25) is 0 Å². The number of ether oxygens (including phenoxy) is 2. The maximum absolute atomic E-state index is 12.4. The van der Waals surface area contributed by atoms with Crippen molar-refractivity contribution in [3.8, 4) is 5.75 Å². The average molecular weight is 355 g/mol. The number of aryl methyl sites for hydroxylation is 2. The van der Waals surface area contributed by atoms with E-state index in [0.29, 0.717) is 17.6 Å². The number of halogens is 1. The van der Waals surface area contributed by atoms with Gasteiger partial charge in [-0.1, -0.05) is 0 Å². The monoisotopic (exact) mass is 354 g/mol. The molecule has 21 heavy (non-hydrogen) atoms. The van der Waals surface area contributed by atoms with Crippen LogP contribution >= 0.6 is 15.9 Å². The zero-order valence-corrected chi connectivity index (χ0v) is 13.6. The van der Waals surface area contributed by atoms with Gasteiger partial charge in [-0.25, -0.2) is 9.78 Å². The Balaban J connectivity index is 2.64. The van der Waals surface area contributed by atoms with Crippen molar-refractivity contribution in [3.05, 3.63) is 32.7 Å². The highest BCUT2D eigenvalue weighted by Gasteiger charge is 2.15. The summed E-state index contributed by atoms with van der Waals surface area (Å²) in [6.45, 7) is 6.19. The van der Waals surface area contributed by atoms with Crippen molar-refractivity contribution in [1.82, 2.24) is 9.55 Å². The molecule has 0 N–H and O–H groups in total. The van der Waals surface area contributed by atoms with Gasteiger partial charge in [0.25, 0.3) is 0 Å². The SMILES string of the molecule is CCOC(=O)Oc1cn(CC)c2nc(C)c(Br)cc2c1=O. The lowest BCUT2D eigenvalue weighted by Gasteiger charge is -2.12. The van der Waals surface area contributed by atoms with Gasteiger partial charge >= 0.3 is 6.16 Å². The van der Waals surface area contributed by atoms with Crippen LogP contribution in [-0.4, -0.2) is 22.3 Å². The molecule has 112 valence electrons. The molecule has 0 saturated carbocycles. The fraction of sp³-hybridized carbons (Fsp3) is 0.357. The fourth-order valence-electron chi connectivity index (χ4n) is 1.90. The Morgan fingerprint density at radius 1 is 1.43 bits per heavy atom. The largest absolute Gasteiger partial charge is 0.514 e. The van der Waals surface area contributed by atoms with E-state index in [1.807, 2.05) is 13.8 Å². The number of nitrogens with zero attached hydrogens (tertiary/aromatic N) is 2. The highest BCUT2D eigenvalue weighted by atomic mass is 79.9. The summed E-state index contributed by atoms with van der Waals surface area (Å²) in [5.74, 6) is -0.0691. The van der Waals surface area contributed by atoms with Crippen molar-refractivity contribution in [2.75, 3.05) is 6.61 Å². The van der Waals surface area contributed by atoms with Crippen LogP contribution in [0.5, 0.6) is 5.75 Å². The van der Waals surface area contributed by atoms with Crippen LogP contribution in [0.25, 0.3) is 11.0 Å². The molecule has 0 unspecified atom stereocenters. The summed E-state index contributed by atoms with van der Waals surface area (Å²) >= 11 is 3.35. The van der Waals surface area contributed by atoms with E-state index in [1.165, 1.54) is 6.20 Å². The molecule has 0 amide bonds. The van der Waals surface area contributed by atoms with Gasteiger partial charge in [-0.2, -0.15) is 0 Å². The van der Waals surface area contributed by atoms with Crippen molar-refractivity contribution < 1.29 is 14.3 Å². The zero-order valence-electron chi connectivity index (χ0n) is 12.0. The van der Waals surface area contributed by atoms with E-state index >= 15 is 0 Å². The predicted molar refractivity (Wildman–Crippen MR) is 81.8 cm³/mol. The Hall–Kier alpha value is -1.89. The van der Waals surface area contributed by atoms with Gasteiger partial charge in [0.1, 0.15) is 5.65 Å². The van der Waals surface area contributed by atoms with Crippen molar-refractivity contribution in [3.63, 3.8) is 0 Å². The first-order chi connectivity index (χ1) is 9.97. The molecule has 2 heterocycles. The van der Waals surface area contributed by atoms with Gasteiger partial charge < -0.3 is 14.0 Å². The molecule has 0 radical (unpaired) electrons. The van der Waals surface area contributed by atoms with Crippen molar-refractivity contribution in [1.29, 1.82) is 0 Å². The lowest BCUT2D eigenvalue weighted by atomic mass is 10.2. The maximum Gasteiger partial charge on any atom is 0.514 e. The quantitative estimate of drug-likeness (QED) is 0.792. The third-order valence-corrected chi connectivity index (χ3v) is 3.74. The molecule has 0 aliphatic heterocycles. The smallest absolute Gasteiger partial charge is 0.434 e. The molecule has 2 aromatic heterocycles. The normalized spacial score (nSPS) is 10.7. The Morgan fingerprint density at radius 2 is 2.14 bits per heavy atom. The second-order valence-electron chi connectivity index (χ2n) is 4.32. The summed E-state index contributed by atoms with van der Waals surface area (Å²) in [5, 5.41) is 0.385. The molecule has 0 bridgehead atoms. The summed E-state index contributed by atoms with van der Waals surface area (Å²) in [6.07, 6.45) is 0.581. The first kappa shape index (κ1) is 15.5. The number of hydrogen-bond acceptors (Lipinski definition) is 5. The van der Waals surface area contributed by atoms with Gasteiger partial charge in [-0.3, -0.25) is 4.79 Å². The molecule has 0 fully saturated rings. The second kappa shape index (κ2) is 6.26. The zero-order chi connectivity index (χ0) is 15.6. The Labute approximate surface area is 129 Å². The number of carbonyl (C=O) groups excluding carboxylic acids is 1. The van der Waals surface area contributed by atoms with Crippen LogP contribution in [0, 0.1) is 6.92 Å². The van der Waals surface area contributed by atoms with Crippen molar-refractivity contribution in [2.24, 2.45) is 0 Å². The van der Waals surface area contributed by atoms with Crippen LogP contribution in [-0.2, 0) is 11.3 Å². The lowest BCUT2D eigenvalue weighted by Crippen LogP contribution is -2.19. The Morgan fingerprint density at radius 3 is 2.76 bits per heavy atom. The topological polar surface area (TPSA) is 70.4 Å². The molecular weight excluding hydrogens is 340 g/mol. The van der Waals surface area contributed by atoms with E-state index in [1.54, 1.807) is 17.6 Å². The Bertz CT molecular complexity index is 755. The minimum Gasteiger partial charge on any atom is -0.434 e. The van der Waals surface area contributed by atoms with Crippen LogP contribution in [0.4, 0.5) is 4.79 Å². The summed E-state index contributed by atoms with van der Waals surface area (Å²) in [7, 11) is 0. The van der Waals surface area contributed by atoms with E-state index < -0.39 is 11.6 Å². The van der Waals surface area contributed by atoms with E-state index in [0.717, 1.165) is 10.2 Å². The molecule has 2 aromatic rings. The molecule has 0 aliphatic carbocycles. The molecule has 2 rings (SSSR count). The van der Waals surface area contributed by atoms with E-state index in [-0.39, 0.29) is 12.4 Å². The standard InChI is InChI=1S/C14H15BrN2O4/c1-4-17-7-11(21-14(19)20-5-2)12(18)9-6-10(15)8(3)16-13(9)17/h6-7H,4-5H2,1-3H3. The minimum absolute atomic E-state index is 0.0691. The first-order valence-corrected chi connectivity index (χ1v) is 7.32. The number of fused-ring (bicyclic) bond motifs is 1. The van der Waals surface area contributed by atoms with Crippen LogP contribution in [0.15, 0.2) is 21.5 Å². The van der Waals surface area contributed by atoms with Gasteiger partial charge in [0.2, 0.25) is 5.43 Å². The minimum atomic E-state index is -0.893. The van der Waals surface area contributed by atoms with Gasteiger partial charge in [0.05, 0.1) is 23.9 Å². The summed E-state index contributed by atoms with van der Waals surface area (Å²) in [6, 6.07) is 1.68. The highest BCUT2D eigenvalue weighted by Crippen LogP contribution is 2.21. The maximum atomic E-state index is 12.4. The summed E-state index contributed by atoms with van der Waals surface area (Å²) in [4.78, 5) is 28.2.